The van der Waals surface area contributed by atoms with Gasteiger partial charge < -0.3 is 0 Å². The maximum atomic E-state index is 8.74. The average Bonchev–Trinajstić information content (AvgIpc) is 1.41. The van der Waals surface area contributed by atoms with Crippen LogP contribution in [0.3, 0.4) is 0 Å². The Labute approximate surface area is 174 Å². The molecule has 0 amide bonds. The molecule has 0 aliphatic carbocycles. The minimum atomic E-state index is -4.67. The van der Waals surface area contributed by atoms with Crippen molar-refractivity contribution in [3.05, 3.63) is 0 Å². The number of rotatable bonds is 0. The molecule has 6 N–H and O–H groups in total. The molecule has 0 unspecified atom stereocenters. The van der Waals surface area contributed by atoms with Crippen LogP contribution in [0.1, 0.15) is 0 Å². The van der Waals surface area contributed by atoms with Gasteiger partial charge in [0.2, 0.25) is 0 Å². The minimum absolute atomic E-state index is 0. The third kappa shape index (κ3) is 737. The Morgan fingerprint density at radius 2 is 0.412 bits per heavy atom. The summed E-state index contributed by atoms with van der Waals surface area (Å²) in [4.78, 5) is 0. The molecule has 17 heavy (non-hydrogen) atoms. The van der Waals surface area contributed by atoms with Crippen LogP contribution >= 0.6 is 0 Å². The predicted octanol–water partition coefficient (Wildman–Crippen LogP) is -1.96. The molecule has 0 bridgehead atoms. The fraction of sp³-hybridized carbons (Fsp3) is 0. The van der Waals surface area contributed by atoms with Crippen molar-refractivity contribution in [3.8, 4) is 0 Å². The molecule has 0 aromatic rings. The van der Waals surface area contributed by atoms with E-state index >= 15 is 0 Å². The van der Waals surface area contributed by atoms with Gasteiger partial charge in [0, 0.05) is 93.8 Å². The molecule has 0 atom stereocenters. The molecule has 0 aliphatic heterocycles. The summed E-state index contributed by atoms with van der Waals surface area (Å²) < 4.78 is 94.8. The maximum Gasteiger partial charge on any atom is 0.394 e. The molecule has 0 aromatic heterocycles. The second-order valence-electron chi connectivity index (χ2n) is 1.34. The first-order valence-electron chi connectivity index (χ1n) is 2.10. The summed E-state index contributed by atoms with van der Waals surface area (Å²) in [5, 5.41) is 0. The van der Waals surface area contributed by atoms with Gasteiger partial charge in [0.15, 0.2) is 0 Å². The van der Waals surface area contributed by atoms with Gasteiger partial charge in [-0.05, 0) is 0 Å². The molecule has 0 spiro atoms. The molecule has 0 radical (unpaired) electrons. The normalized spacial score (nSPS) is 10.2. The van der Waals surface area contributed by atoms with Crippen LogP contribution in [0.4, 0.5) is 0 Å². The van der Waals surface area contributed by atoms with Crippen molar-refractivity contribution >= 4 is 31.2 Å². The first-order chi connectivity index (χ1) is 6.00. The minimum Gasteiger partial charge on any atom is -0.264 e. The molecule has 0 heterocycles. The Morgan fingerprint density at radius 3 is 0.412 bits per heavy atom. The van der Waals surface area contributed by atoms with Gasteiger partial charge in [0.1, 0.15) is 0 Å². The summed E-state index contributed by atoms with van der Waals surface area (Å²) in [5.74, 6) is 0. The van der Waals surface area contributed by atoms with Crippen molar-refractivity contribution in [1.82, 2.24) is 0 Å². The predicted molar refractivity (Wildman–Crippen MR) is 42.5 cm³/mol. The van der Waals surface area contributed by atoms with E-state index in [1.165, 1.54) is 0 Å². The first-order valence-corrected chi connectivity index (χ1v) is 6.29. The van der Waals surface area contributed by atoms with E-state index in [2.05, 4.69) is 0 Å². The smallest absolute Gasteiger partial charge is 0.264 e. The Hall–Kier alpha value is 2.65. The SMILES string of the molecule is O=S(=O)(O)O.O=S(=O)(O)O.O=S(=O)(O)O.[Yb].[Yb]. The van der Waals surface area contributed by atoms with Gasteiger partial charge in [-0.3, -0.25) is 27.3 Å². The van der Waals surface area contributed by atoms with Crippen LogP contribution in [-0.2, 0) is 31.2 Å². The quantitative estimate of drug-likeness (QED) is 0.159. The van der Waals surface area contributed by atoms with Crippen LogP contribution in [0.2, 0.25) is 0 Å². The summed E-state index contributed by atoms with van der Waals surface area (Å²) in [6.07, 6.45) is 0. The Bertz CT molecular complexity index is 341. The van der Waals surface area contributed by atoms with E-state index in [0.29, 0.717) is 0 Å². The van der Waals surface area contributed by atoms with Crippen molar-refractivity contribution in [2.75, 3.05) is 0 Å². The maximum absolute atomic E-state index is 8.74. The van der Waals surface area contributed by atoms with Gasteiger partial charge in [-0.15, -0.1) is 0 Å². The number of hydrogen-bond donors (Lipinski definition) is 6. The van der Waals surface area contributed by atoms with Crippen molar-refractivity contribution in [2.24, 2.45) is 0 Å². The summed E-state index contributed by atoms with van der Waals surface area (Å²) in [6.45, 7) is 0. The fourth-order valence-corrected chi connectivity index (χ4v) is 0. The van der Waals surface area contributed by atoms with Crippen LogP contribution in [0, 0.1) is 93.8 Å². The monoisotopic (exact) mass is 642 g/mol. The van der Waals surface area contributed by atoms with E-state index in [1.807, 2.05) is 0 Å². The summed E-state index contributed by atoms with van der Waals surface area (Å²) >= 11 is 0. The fourth-order valence-electron chi connectivity index (χ4n) is 0. The zero-order valence-corrected chi connectivity index (χ0v) is 12.8. The van der Waals surface area contributed by atoms with E-state index in [4.69, 9.17) is 52.6 Å². The van der Waals surface area contributed by atoms with Gasteiger partial charge in [-0.2, -0.15) is 25.3 Å². The van der Waals surface area contributed by atoms with Gasteiger partial charge in [0.05, 0.1) is 0 Å². The van der Waals surface area contributed by atoms with E-state index in [1.54, 1.807) is 0 Å². The molecular weight excluding hydrogens is 634 g/mol. The van der Waals surface area contributed by atoms with Crippen molar-refractivity contribution in [2.45, 2.75) is 0 Å². The second kappa shape index (κ2) is 13.6. The van der Waals surface area contributed by atoms with Crippen molar-refractivity contribution in [1.29, 1.82) is 0 Å². The molecule has 0 fully saturated rings. The van der Waals surface area contributed by atoms with Gasteiger partial charge in [0.25, 0.3) is 0 Å². The third-order valence-corrected chi connectivity index (χ3v) is 0. The van der Waals surface area contributed by atoms with E-state index in [-0.39, 0.29) is 93.8 Å². The van der Waals surface area contributed by atoms with Crippen LogP contribution in [0.15, 0.2) is 0 Å². The van der Waals surface area contributed by atoms with Crippen LogP contribution in [-0.4, -0.2) is 52.6 Å². The average molecular weight is 640 g/mol. The van der Waals surface area contributed by atoms with Gasteiger partial charge in [-0.25, -0.2) is 0 Å². The van der Waals surface area contributed by atoms with Gasteiger partial charge in [-0.1, -0.05) is 0 Å². The van der Waals surface area contributed by atoms with Crippen LogP contribution in [0.25, 0.3) is 0 Å². The third-order valence-electron chi connectivity index (χ3n) is 0. The number of hydrogen-bond acceptors (Lipinski definition) is 6. The topological polar surface area (TPSA) is 224 Å². The van der Waals surface area contributed by atoms with Crippen LogP contribution in [0.5, 0.6) is 0 Å². The Morgan fingerprint density at radius 1 is 0.412 bits per heavy atom. The standard InChI is InChI=1S/3H2O4S.2Yb/c3*1-5(2,3)4;;/h3*(H2,1,2,3,4);;. The zero-order valence-electron chi connectivity index (χ0n) is 6.89. The molecule has 0 aromatic carbocycles. The largest absolute Gasteiger partial charge is 0.394 e. The van der Waals surface area contributed by atoms with E-state index < -0.39 is 31.2 Å². The molecule has 0 saturated carbocycles. The zero-order chi connectivity index (χ0) is 13.5. The molecule has 17 heteroatoms. The van der Waals surface area contributed by atoms with E-state index in [0.717, 1.165) is 0 Å². The van der Waals surface area contributed by atoms with Crippen molar-refractivity contribution in [3.63, 3.8) is 0 Å². The molecular formula is H6O12S3Yb2. The Balaban J connectivity index is -0.0000000400. The van der Waals surface area contributed by atoms with E-state index in [9.17, 15) is 0 Å². The Kier molecular flexibility index (Phi) is 25.5. The summed E-state index contributed by atoms with van der Waals surface area (Å²) in [6, 6.07) is 0. The van der Waals surface area contributed by atoms with Gasteiger partial charge >= 0.3 is 31.2 Å². The van der Waals surface area contributed by atoms with Crippen LogP contribution < -0.4 is 0 Å². The summed E-state index contributed by atoms with van der Waals surface area (Å²) in [5.41, 5.74) is 0. The van der Waals surface area contributed by atoms with Crippen molar-refractivity contribution < 1.29 is 146 Å². The first kappa shape index (κ1) is 31.8. The summed E-state index contributed by atoms with van der Waals surface area (Å²) in [7, 11) is -14.0. The molecule has 0 rings (SSSR count). The molecule has 124 valence electrons. The molecule has 0 saturated heterocycles. The molecule has 0 aliphatic rings. The molecule has 12 nitrogen and oxygen atoms in total. The second-order valence-corrected chi connectivity index (χ2v) is 4.03.